The van der Waals surface area contributed by atoms with Crippen molar-refractivity contribution >= 4 is 29.8 Å². The normalized spacial score (nSPS) is 8.56. The van der Waals surface area contributed by atoms with Gasteiger partial charge in [-0.2, -0.15) is 0 Å². The molecule has 0 atom stereocenters. The number of amides is 1. The maximum atomic E-state index is 10.3. The maximum absolute atomic E-state index is 10.3. The Morgan fingerprint density at radius 2 is 1.12 bits per heavy atom. The second-order valence-corrected chi connectivity index (χ2v) is 2.97. The monoisotopic (exact) mass is 243 g/mol. The number of carbonyl (C=O) groups is 3. The predicted octanol–water partition coefficient (Wildman–Crippen LogP) is 1.08. The first kappa shape index (κ1) is 14.0. The lowest BCUT2D eigenvalue weighted by Gasteiger charge is -1.94. The molecule has 86 valence electrons. The van der Waals surface area contributed by atoms with Crippen LogP contribution >= 0.6 is 12.6 Å². The molecule has 0 saturated carbocycles. The Bertz CT molecular complexity index is 364. The minimum Gasteiger partial charge on any atom is -0.478 e. The van der Waals surface area contributed by atoms with Crippen LogP contribution < -0.4 is 5.73 Å². The molecule has 7 heteroatoms. The van der Waals surface area contributed by atoms with Crippen LogP contribution in [0, 0.1) is 0 Å². The fraction of sp³-hybridized carbons (Fsp3) is 0. The van der Waals surface area contributed by atoms with Crippen LogP contribution in [0.4, 0.5) is 4.79 Å². The van der Waals surface area contributed by atoms with E-state index in [0.29, 0.717) is 0 Å². The molecule has 0 spiro atoms. The third-order valence-electron chi connectivity index (χ3n) is 1.38. The van der Waals surface area contributed by atoms with Crippen molar-refractivity contribution in [3.63, 3.8) is 0 Å². The molecule has 16 heavy (non-hydrogen) atoms. The minimum absolute atomic E-state index is 0.0833. The van der Waals surface area contributed by atoms with E-state index >= 15 is 0 Å². The van der Waals surface area contributed by atoms with Gasteiger partial charge in [-0.05, 0) is 24.3 Å². The lowest BCUT2D eigenvalue weighted by molar-refractivity contribution is 0.0681. The Morgan fingerprint density at radius 3 is 1.25 bits per heavy atom. The minimum atomic E-state index is -1.06. The third kappa shape index (κ3) is 5.66. The number of carbonyl (C=O) groups excluding carboxylic acids is 1. The molecule has 6 nitrogen and oxygen atoms in total. The van der Waals surface area contributed by atoms with Crippen molar-refractivity contribution in [3.05, 3.63) is 35.4 Å². The lowest BCUT2D eigenvalue weighted by atomic mass is 10.1. The summed E-state index contributed by atoms with van der Waals surface area (Å²) < 4.78 is 0. The summed E-state index contributed by atoms with van der Waals surface area (Å²) in [7, 11) is 0. The van der Waals surface area contributed by atoms with E-state index in [-0.39, 0.29) is 11.1 Å². The molecule has 0 aromatic heterocycles. The summed E-state index contributed by atoms with van der Waals surface area (Å²) in [6.45, 7) is 0. The van der Waals surface area contributed by atoms with Gasteiger partial charge in [0.1, 0.15) is 0 Å². The van der Waals surface area contributed by atoms with Gasteiger partial charge in [-0.3, -0.25) is 4.79 Å². The quantitative estimate of drug-likeness (QED) is 0.579. The number of benzene rings is 1. The van der Waals surface area contributed by atoms with Gasteiger partial charge in [0, 0.05) is 0 Å². The zero-order chi connectivity index (χ0) is 12.7. The summed E-state index contributed by atoms with van der Waals surface area (Å²) in [5.41, 5.74) is 4.50. The molecule has 0 aliphatic heterocycles. The molecule has 0 bridgehead atoms. The fourth-order valence-electron chi connectivity index (χ4n) is 0.755. The van der Waals surface area contributed by atoms with E-state index in [1.54, 1.807) is 0 Å². The van der Waals surface area contributed by atoms with Crippen molar-refractivity contribution in [2.75, 3.05) is 0 Å². The van der Waals surface area contributed by atoms with Gasteiger partial charge in [0.2, 0.25) is 0 Å². The molecule has 0 aliphatic rings. The van der Waals surface area contributed by atoms with Crippen LogP contribution in [0.25, 0.3) is 0 Å². The van der Waals surface area contributed by atoms with Gasteiger partial charge in [-0.25, -0.2) is 9.59 Å². The van der Waals surface area contributed by atoms with Crippen molar-refractivity contribution in [3.8, 4) is 0 Å². The van der Waals surface area contributed by atoms with Gasteiger partial charge in [-0.1, -0.05) is 12.6 Å². The number of primary amides is 1. The number of carboxylic acids is 2. The van der Waals surface area contributed by atoms with Crippen molar-refractivity contribution in [1.29, 1.82) is 0 Å². The average molecular weight is 243 g/mol. The van der Waals surface area contributed by atoms with Crippen LogP contribution in [-0.4, -0.2) is 27.4 Å². The van der Waals surface area contributed by atoms with Gasteiger partial charge in [0.25, 0.3) is 5.24 Å². The van der Waals surface area contributed by atoms with Crippen molar-refractivity contribution in [2.45, 2.75) is 0 Å². The third-order valence-corrected chi connectivity index (χ3v) is 1.38. The summed E-state index contributed by atoms with van der Waals surface area (Å²) in [5, 5.41) is 16.3. The van der Waals surface area contributed by atoms with Crippen LogP contribution in [0.1, 0.15) is 20.7 Å². The Balaban J connectivity index is 0.000000487. The second-order valence-electron chi connectivity index (χ2n) is 2.53. The molecule has 0 unspecified atom stereocenters. The van der Waals surface area contributed by atoms with Gasteiger partial charge in [-0.15, -0.1) is 0 Å². The van der Waals surface area contributed by atoms with Crippen LogP contribution in [-0.2, 0) is 0 Å². The highest BCUT2D eigenvalue weighted by molar-refractivity contribution is 7.96. The Labute approximate surface area is 96.1 Å². The number of hydrogen-bond donors (Lipinski definition) is 4. The zero-order valence-corrected chi connectivity index (χ0v) is 8.85. The first-order valence-electron chi connectivity index (χ1n) is 3.89. The number of carboxylic acid groups (broad SMARTS) is 2. The van der Waals surface area contributed by atoms with E-state index < -0.39 is 17.2 Å². The van der Waals surface area contributed by atoms with E-state index in [1.807, 2.05) is 0 Å². The number of thiol groups is 1. The van der Waals surface area contributed by atoms with E-state index in [2.05, 4.69) is 18.4 Å². The molecule has 0 aliphatic carbocycles. The number of hydrogen-bond acceptors (Lipinski definition) is 3. The summed E-state index contributed by atoms with van der Waals surface area (Å²) in [5.74, 6) is -2.13. The molecule has 0 saturated heterocycles. The molecule has 1 rings (SSSR count). The Morgan fingerprint density at radius 1 is 0.938 bits per heavy atom. The number of nitrogens with two attached hydrogens (primary N) is 1. The van der Waals surface area contributed by atoms with Crippen molar-refractivity contribution in [1.82, 2.24) is 0 Å². The fourth-order valence-corrected chi connectivity index (χ4v) is 0.755. The van der Waals surface area contributed by atoms with E-state index in [1.165, 1.54) is 24.3 Å². The zero-order valence-electron chi connectivity index (χ0n) is 7.95. The first-order chi connectivity index (χ1) is 7.34. The van der Waals surface area contributed by atoms with Gasteiger partial charge >= 0.3 is 11.9 Å². The van der Waals surface area contributed by atoms with Gasteiger partial charge in [0.05, 0.1) is 11.1 Å². The molecule has 1 aromatic carbocycles. The Hall–Kier alpha value is -2.02. The molecule has 0 radical (unpaired) electrons. The maximum Gasteiger partial charge on any atom is 0.335 e. The summed E-state index contributed by atoms with van der Waals surface area (Å²) in [6.07, 6.45) is 0. The van der Waals surface area contributed by atoms with Crippen LogP contribution in [0.3, 0.4) is 0 Å². The second kappa shape index (κ2) is 6.46. The molecule has 0 fully saturated rings. The average Bonchev–Trinajstić information content (AvgIpc) is 2.17. The highest BCUT2D eigenvalue weighted by Crippen LogP contribution is 2.03. The topological polar surface area (TPSA) is 118 Å². The van der Waals surface area contributed by atoms with Crippen molar-refractivity contribution < 1.29 is 24.6 Å². The van der Waals surface area contributed by atoms with E-state index in [0.717, 1.165) is 0 Å². The number of rotatable bonds is 2. The summed E-state index contributed by atoms with van der Waals surface area (Å²) in [4.78, 5) is 29.8. The summed E-state index contributed by atoms with van der Waals surface area (Å²) >= 11 is 3.10. The molecule has 0 heterocycles. The first-order valence-corrected chi connectivity index (χ1v) is 4.34. The highest BCUT2D eigenvalue weighted by Gasteiger charge is 2.04. The lowest BCUT2D eigenvalue weighted by Crippen LogP contribution is -1.99. The van der Waals surface area contributed by atoms with Gasteiger partial charge in [0.15, 0.2) is 0 Å². The highest BCUT2D eigenvalue weighted by atomic mass is 32.1. The molecule has 1 aromatic rings. The molecule has 4 N–H and O–H groups in total. The number of aromatic carboxylic acids is 2. The van der Waals surface area contributed by atoms with E-state index in [9.17, 15) is 9.59 Å². The Kier molecular flexibility index (Phi) is 5.65. The summed E-state index contributed by atoms with van der Waals surface area (Å²) in [6, 6.07) is 5.02. The smallest absolute Gasteiger partial charge is 0.335 e. The van der Waals surface area contributed by atoms with E-state index in [4.69, 9.17) is 15.0 Å². The standard InChI is InChI=1S/C8H6O4.CH3NOS/c9-7(10)5-1-2-6(4-3-5)8(11)12;2-1(3)4/h1-4H,(H,9,10)(H,11,12);(H3,2,3,4). The molecule has 1 amide bonds. The SMILES string of the molecule is NC(=O)S.O=C(O)c1ccc(C(=O)O)cc1. The van der Waals surface area contributed by atoms with Crippen molar-refractivity contribution in [2.24, 2.45) is 5.73 Å². The molecular formula is C9H9NO5S. The molecular weight excluding hydrogens is 234 g/mol. The largest absolute Gasteiger partial charge is 0.478 e. The van der Waals surface area contributed by atoms with Gasteiger partial charge < -0.3 is 15.9 Å². The van der Waals surface area contributed by atoms with Crippen LogP contribution in [0.2, 0.25) is 0 Å². The van der Waals surface area contributed by atoms with Crippen LogP contribution in [0.15, 0.2) is 24.3 Å². The van der Waals surface area contributed by atoms with Crippen LogP contribution in [0.5, 0.6) is 0 Å². The predicted molar refractivity (Wildman–Crippen MR) is 58.9 cm³/mol.